The van der Waals surface area contributed by atoms with Crippen LogP contribution in [-0.2, 0) is 20.1 Å². The van der Waals surface area contributed by atoms with Crippen LogP contribution in [0.1, 0.15) is 0 Å². The van der Waals surface area contributed by atoms with Crippen LogP contribution in [0.3, 0.4) is 0 Å². The van der Waals surface area contributed by atoms with Crippen LogP contribution in [-0.4, -0.2) is 15.0 Å². The molecule has 0 aliphatic rings. The molecule has 0 aliphatic heterocycles. The van der Waals surface area contributed by atoms with Crippen LogP contribution in [0.5, 0.6) is 0 Å². The fourth-order valence-electron chi connectivity index (χ4n) is 11.0. The van der Waals surface area contributed by atoms with Crippen molar-refractivity contribution in [3.05, 3.63) is 298 Å². The zero-order valence-electron chi connectivity index (χ0n) is 43.1. The molecule has 14 aromatic rings. The van der Waals surface area contributed by atoms with Gasteiger partial charge in [-0.2, -0.15) is 0 Å². The Labute approximate surface area is 478 Å². The molecule has 10 aromatic carbocycles. The van der Waals surface area contributed by atoms with Crippen LogP contribution in [0.2, 0.25) is 0 Å². The normalized spacial score (nSPS) is 11.2. The van der Waals surface area contributed by atoms with Crippen LogP contribution >= 0.6 is 0 Å². The first-order chi connectivity index (χ1) is 39.1. The molecule has 0 saturated carbocycles. The summed E-state index contributed by atoms with van der Waals surface area (Å²) in [6.07, 6.45) is 5.48. The Bertz CT molecular complexity index is 4360. The van der Waals surface area contributed by atoms with E-state index in [9.17, 15) is 0 Å². The Morgan fingerprint density at radius 1 is 0.250 bits per heavy atom. The average Bonchev–Trinajstić information content (AvgIpc) is 3.93. The standard InChI is InChI=1S/C75H46N3O.Ir/c1-2-16-50(17-3-1)55-35-39-68-69-40-36-56(49-75(69)79-74(68)48-55)70-47-57(73-26-12-15-43-78-73)37-38-67(70)66-23-9-8-22-65(66)60-45-58(63-20-6-4-18-61(63)51-27-31-53(32-28-51)71-24-10-13-41-76-71)44-59(46-60)64-21-7-5-19-62(64)52-29-33-54(34-30-52)72-25-11-14-42-77-72;/h1-31,33,35-36,38-49H;/q-3;+3. The summed E-state index contributed by atoms with van der Waals surface area (Å²) in [5.74, 6) is 0. The molecule has 0 amide bonds. The molecule has 0 spiro atoms. The first-order valence-electron chi connectivity index (χ1n) is 26.5. The molecular formula is C75H46IrN3O. The fourth-order valence-corrected chi connectivity index (χ4v) is 11.0. The van der Waals surface area contributed by atoms with E-state index in [4.69, 9.17) is 9.40 Å². The maximum atomic E-state index is 6.75. The molecule has 0 atom stereocenters. The molecule has 0 N–H and O–H groups in total. The van der Waals surface area contributed by atoms with E-state index >= 15 is 0 Å². The number of rotatable bonds is 11. The topological polar surface area (TPSA) is 51.8 Å². The van der Waals surface area contributed by atoms with Gasteiger partial charge in [0.15, 0.2) is 0 Å². The Morgan fingerprint density at radius 3 is 1.12 bits per heavy atom. The minimum atomic E-state index is 0. The van der Waals surface area contributed by atoms with E-state index < -0.39 is 0 Å². The maximum absolute atomic E-state index is 6.75. The Morgan fingerprint density at radius 2 is 0.650 bits per heavy atom. The van der Waals surface area contributed by atoms with Crippen molar-refractivity contribution in [3.63, 3.8) is 0 Å². The van der Waals surface area contributed by atoms with Crippen molar-refractivity contribution in [3.8, 4) is 123 Å². The molecule has 0 fully saturated rings. The first-order valence-corrected chi connectivity index (χ1v) is 26.5. The van der Waals surface area contributed by atoms with Crippen LogP contribution in [0, 0.1) is 18.2 Å². The molecule has 5 heteroatoms. The minimum Gasteiger partial charge on any atom is -0.456 e. The molecule has 0 saturated heterocycles. The molecular weight excluding hydrogens is 1150 g/mol. The third kappa shape index (κ3) is 9.67. The Balaban J connectivity index is 0.00000605. The second kappa shape index (κ2) is 21.9. The van der Waals surface area contributed by atoms with Crippen molar-refractivity contribution < 1.29 is 24.5 Å². The average molecular weight is 1200 g/mol. The smallest absolute Gasteiger partial charge is 0.456 e. The largest absolute Gasteiger partial charge is 3.00 e. The van der Waals surface area contributed by atoms with Gasteiger partial charge in [0, 0.05) is 29.4 Å². The summed E-state index contributed by atoms with van der Waals surface area (Å²) >= 11 is 0. The van der Waals surface area contributed by atoms with Crippen LogP contribution in [0.15, 0.2) is 284 Å². The first kappa shape index (κ1) is 49.7. The van der Waals surface area contributed by atoms with Crippen LogP contribution < -0.4 is 0 Å². The van der Waals surface area contributed by atoms with E-state index in [2.05, 4.69) is 228 Å². The minimum absolute atomic E-state index is 0. The number of hydrogen-bond acceptors (Lipinski definition) is 4. The quantitative estimate of drug-likeness (QED) is 0.121. The van der Waals surface area contributed by atoms with Crippen LogP contribution in [0.25, 0.3) is 145 Å². The van der Waals surface area contributed by atoms with Crippen molar-refractivity contribution in [2.45, 2.75) is 0 Å². The summed E-state index contributed by atoms with van der Waals surface area (Å²) in [5.41, 5.74) is 24.5. The molecule has 80 heavy (non-hydrogen) atoms. The van der Waals surface area contributed by atoms with E-state index in [0.717, 1.165) is 145 Å². The summed E-state index contributed by atoms with van der Waals surface area (Å²) in [6, 6.07) is 103. The predicted molar refractivity (Wildman–Crippen MR) is 323 cm³/mol. The molecule has 0 bridgehead atoms. The van der Waals surface area contributed by atoms with Gasteiger partial charge >= 0.3 is 20.1 Å². The number of nitrogens with zero attached hydrogens (tertiary/aromatic N) is 3. The van der Waals surface area contributed by atoms with Crippen LogP contribution in [0.4, 0.5) is 0 Å². The maximum Gasteiger partial charge on any atom is 3.00 e. The molecule has 0 radical (unpaired) electrons. The molecule has 14 rings (SSSR count). The Kier molecular flexibility index (Phi) is 13.6. The van der Waals surface area contributed by atoms with Gasteiger partial charge in [-0.25, -0.2) is 0 Å². The second-order valence-electron chi connectivity index (χ2n) is 19.6. The van der Waals surface area contributed by atoms with E-state index in [1.807, 2.05) is 79.3 Å². The van der Waals surface area contributed by atoms with Crippen molar-refractivity contribution in [1.29, 1.82) is 0 Å². The van der Waals surface area contributed by atoms with Gasteiger partial charge in [0.05, 0.1) is 0 Å². The number of benzene rings is 10. The Hall–Kier alpha value is -9.90. The number of fused-ring (bicyclic) bond motifs is 3. The number of aromatic nitrogens is 3. The summed E-state index contributed by atoms with van der Waals surface area (Å²) < 4.78 is 6.75. The third-order valence-electron chi connectivity index (χ3n) is 14.8. The van der Waals surface area contributed by atoms with E-state index in [0.29, 0.717) is 0 Å². The molecule has 0 aliphatic carbocycles. The number of hydrogen-bond donors (Lipinski definition) is 0. The molecule has 4 nitrogen and oxygen atoms in total. The van der Waals surface area contributed by atoms with Crippen molar-refractivity contribution in [2.24, 2.45) is 0 Å². The molecule has 376 valence electrons. The molecule has 4 aromatic heterocycles. The van der Waals surface area contributed by atoms with Gasteiger partial charge < -0.3 is 19.4 Å². The monoisotopic (exact) mass is 1200 g/mol. The van der Waals surface area contributed by atoms with Gasteiger partial charge in [0.1, 0.15) is 11.2 Å². The predicted octanol–water partition coefficient (Wildman–Crippen LogP) is 19.5. The summed E-state index contributed by atoms with van der Waals surface area (Å²) in [4.78, 5) is 14.0. The van der Waals surface area contributed by atoms with Gasteiger partial charge in [0.2, 0.25) is 0 Å². The van der Waals surface area contributed by atoms with E-state index in [-0.39, 0.29) is 20.1 Å². The SMILES string of the molecule is [Ir+3].[c-]1cc(-c2ccccc2-c2cc(-c3ccccc3-c3c[c-]c(-c4ccccn4)cc3)cc(-c3ccccc3-c3c[c-]c(-c4ccccn4)cc3-c3ccc4c(c3)oc3cc(-c5ccccc5)ccc34)c2)ccc1-c1ccccn1. The summed E-state index contributed by atoms with van der Waals surface area (Å²) in [5, 5.41) is 2.15. The number of pyridine rings is 3. The second-order valence-corrected chi connectivity index (χ2v) is 19.6. The fraction of sp³-hybridized carbons (Fsp3) is 0. The van der Waals surface area contributed by atoms with E-state index in [1.165, 1.54) is 0 Å². The van der Waals surface area contributed by atoms with Gasteiger partial charge in [-0.1, -0.05) is 191 Å². The van der Waals surface area contributed by atoms with Crippen molar-refractivity contribution in [2.75, 3.05) is 0 Å². The van der Waals surface area contributed by atoms with E-state index in [1.54, 1.807) is 0 Å². The van der Waals surface area contributed by atoms with Gasteiger partial charge in [0.25, 0.3) is 0 Å². The zero-order chi connectivity index (χ0) is 52.5. The van der Waals surface area contributed by atoms with Crippen molar-refractivity contribution in [1.82, 2.24) is 15.0 Å². The van der Waals surface area contributed by atoms with Gasteiger partial charge in [-0.3, -0.25) is 0 Å². The van der Waals surface area contributed by atoms with Crippen molar-refractivity contribution >= 4 is 21.9 Å². The zero-order valence-corrected chi connectivity index (χ0v) is 45.5. The van der Waals surface area contributed by atoms with Gasteiger partial charge in [-0.15, -0.1) is 83.4 Å². The summed E-state index contributed by atoms with van der Waals surface area (Å²) in [6.45, 7) is 0. The third-order valence-corrected chi connectivity index (χ3v) is 14.8. The molecule has 0 unspecified atom stereocenters. The number of furan rings is 1. The van der Waals surface area contributed by atoms with Gasteiger partial charge in [-0.05, 0) is 128 Å². The molecule has 4 heterocycles. The summed E-state index contributed by atoms with van der Waals surface area (Å²) in [7, 11) is 0.